The minimum atomic E-state index is -3.69. The van der Waals surface area contributed by atoms with E-state index in [2.05, 4.69) is 5.32 Å². The molecule has 27 heavy (non-hydrogen) atoms. The summed E-state index contributed by atoms with van der Waals surface area (Å²) in [6.07, 6.45) is 3.68. The molecule has 3 rings (SSSR count). The minimum absolute atomic E-state index is 0.0378. The molecule has 2 aromatic rings. The van der Waals surface area contributed by atoms with Gasteiger partial charge in [0, 0.05) is 13.1 Å². The number of phenols is 1. The second-order valence-corrected chi connectivity index (χ2v) is 8.78. The summed E-state index contributed by atoms with van der Waals surface area (Å²) < 4.78 is 27.4. The summed E-state index contributed by atoms with van der Waals surface area (Å²) in [6.45, 7) is 0.953. The van der Waals surface area contributed by atoms with Gasteiger partial charge in [-0.3, -0.25) is 4.79 Å². The molecule has 1 heterocycles. The van der Waals surface area contributed by atoms with Crippen LogP contribution in [0.25, 0.3) is 0 Å². The van der Waals surface area contributed by atoms with Crippen molar-refractivity contribution >= 4 is 33.2 Å². The fourth-order valence-corrected chi connectivity index (χ4v) is 4.79. The number of aromatic hydroxyl groups is 1. The maximum Gasteiger partial charge on any atom is 0.257 e. The van der Waals surface area contributed by atoms with E-state index >= 15 is 0 Å². The standard InChI is InChI=1S/C19H21ClN2O4S/c20-16-10-9-14(27(25,26)22-11-5-1-2-6-12-22)13-15(16)19(24)21-17-7-3-4-8-18(17)23/h3-4,7-10,13,23H,1-2,5-6,11-12H2,(H,21,24). The number of nitrogens with zero attached hydrogens (tertiary/aromatic N) is 1. The number of benzene rings is 2. The maximum atomic E-state index is 12.9. The third-order valence-electron chi connectivity index (χ3n) is 4.54. The van der Waals surface area contributed by atoms with E-state index in [1.807, 2.05) is 0 Å². The summed E-state index contributed by atoms with van der Waals surface area (Å²) in [5.74, 6) is -0.676. The lowest BCUT2D eigenvalue weighted by Gasteiger charge is -2.20. The number of nitrogens with one attached hydrogen (secondary N) is 1. The van der Waals surface area contributed by atoms with Crippen molar-refractivity contribution in [2.45, 2.75) is 30.6 Å². The highest BCUT2D eigenvalue weighted by Crippen LogP contribution is 2.27. The molecule has 2 aromatic carbocycles. The Morgan fingerprint density at radius 1 is 1.04 bits per heavy atom. The highest BCUT2D eigenvalue weighted by atomic mass is 35.5. The molecule has 1 fully saturated rings. The Kier molecular flexibility index (Phi) is 6.04. The molecular formula is C19H21ClN2O4S. The molecule has 0 bridgehead atoms. The number of hydrogen-bond acceptors (Lipinski definition) is 4. The average molecular weight is 409 g/mol. The number of carbonyl (C=O) groups is 1. The molecule has 1 aliphatic heterocycles. The SMILES string of the molecule is O=C(Nc1ccccc1O)c1cc(S(=O)(=O)N2CCCCCC2)ccc1Cl. The van der Waals surface area contributed by atoms with Gasteiger partial charge in [0.1, 0.15) is 5.75 Å². The van der Waals surface area contributed by atoms with Crippen LogP contribution in [0.5, 0.6) is 5.75 Å². The number of amides is 1. The molecule has 0 saturated carbocycles. The molecule has 2 N–H and O–H groups in total. The van der Waals surface area contributed by atoms with Gasteiger partial charge in [-0.15, -0.1) is 0 Å². The first kappa shape index (κ1) is 19.7. The summed E-state index contributed by atoms with van der Waals surface area (Å²) in [4.78, 5) is 12.6. The molecule has 0 atom stereocenters. The van der Waals surface area contributed by atoms with Crippen LogP contribution >= 0.6 is 11.6 Å². The molecule has 1 amide bonds. The first-order chi connectivity index (χ1) is 12.9. The number of para-hydroxylation sites is 2. The van der Waals surface area contributed by atoms with Gasteiger partial charge in [-0.25, -0.2) is 8.42 Å². The van der Waals surface area contributed by atoms with E-state index in [0.29, 0.717) is 13.1 Å². The lowest BCUT2D eigenvalue weighted by molar-refractivity contribution is 0.102. The van der Waals surface area contributed by atoms with Crippen LogP contribution in [0, 0.1) is 0 Å². The van der Waals surface area contributed by atoms with E-state index < -0.39 is 15.9 Å². The van der Waals surface area contributed by atoms with Crippen LogP contribution in [0.1, 0.15) is 36.0 Å². The van der Waals surface area contributed by atoms with Crippen molar-refractivity contribution in [1.82, 2.24) is 4.31 Å². The van der Waals surface area contributed by atoms with Crippen molar-refractivity contribution in [1.29, 1.82) is 0 Å². The fourth-order valence-electron chi connectivity index (χ4n) is 3.04. The van der Waals surface area contributed by atoms with Gasteiger partial charge in [0.25, 0.3) is 5.91 Å². The third kappa shape index (κ3) is 4.43. The number of anilines is 1. The van der Waals surface area contributed by atoms with Crippen LogP contribution in [0.3, 0.4) is 0 Å². The van der Waals surface area contributed by atoms with Gasteiger partial charge in [0.2, 0.25) is 10.0 Å². The van der Waals surface area contributed by atoms with Gasteiger partial charge in [-0.05, 0) is 43.2 Å². The molecule has 8 heteroatoms. The Morgan fingerprint density at radius 2 is 1.70 bits per heavy atom. The quantitative estimate of drug-likeness (QED) is 0.752. The monoisotopic (exact) mass is 408 g/mol. The molecular weight excluding hydrogens is 388 g/mol. The normalized spacial score (nSPS) is 15.9. The Labute approximate surface area is 163 Å². The third-order valence-corrected chi connectivity index (χ3v) is 6.76. The van der Waals surface area contributed by atoms with Gasteiger partial charge in [-0.2, -0.15) is 4.31 Å². The lowest BCUT2D eigenvalue weighted by Crippen LogP contribution is -2.32. The smallest absolute Gasteiger partial charge is 0.257 e. The van der Waals surface area contributed by atoms with Gasteiger partial charge >= 0.3 is 0 Å². The van der Waals surface area contributed by atoms with Crippen LogP contribution in [-0.4, -0.2) is 36.8 Å². The van der Waals surface area contributed by atoms with Crippen LogP contribution in [0.2, 0.25) is 5.02 Å². The second-order valence-electron chi connectivity index (χ2n) is 6.43. The number of sulfonamides is 1. The zero-order valence-electron chi connectivity index (χ0n) is 14.7. The molecule has 144 valence electrons. The average Bonchev–Trinajstić information content (AvgIpc) is 2.94. The summed E-state index contributed by atoms with van der Waals surface area (Å²) in [7, 11) is -3.69. The van der Waals surface area contributed by atoms with E-state index in [1.54, 1.807) is 18.2 Å². The molecule has 1 aliphatic rings. The number of phenolic OH excluding ortho intramolecular Hbond substituents is 1. The molecule has 0 radical (unpaired) electrons. The number of rotatable bonds is 4. The van der Waals surface area contributed by atoms with E-state index in [1.165, 1.54) is 28.6 Å². The first-order valence-corrected chi connectivity index (χ1v) is 10.6. The fraction of sp³-hybridized carbons (Fsp3) is 0.316. The van der Waals surface area contributed by atoms with Crippen molar-refractivity contribution in [2.75, 3.05) is 18.4 Å². The summed E-state index contributed by atoms with van der Waals surface area (Å²) in [5, 5.41) is 12.5. The molecule has 6 nitrogen and oxygen atoms in total. The zero-order valence-corrected chi connectivity index (χ0v) is 16.3. The highest BCUT2D eigenvalue weighted by Gasteiger charge is 2.26. The highest BCUT2D eigenvalue weighted by molar-refractivity contribution is 7.89. The molecule has 0 aromatic heterocycles. The first-order valence-electron chi connectivity index (χ1n) is 8.78. The zero-order chi connectivity index (χ0) is 19.4. The van der Waals surface area contributed by atoms with Crippen LogP contribution in [0.15, 0.2) is 47.4 Å². The Hall–Kier alpha value is -2.09. The number of halogens is 1. The van der Waals surface area contributed by atoms with Crippen molar-refractivity contribution in [2.24, 2.45) is 0 Å². The summed E-state index contributed by atoms with van der Waals surface area (Å²) in [6, 6.07) is 10.4. The van der Waals surface area contributed by atoms with Crippen molar-refractivity contribution in [3.8, 4) is 5.75 Å². The van der Waals surface area contributed by atoms with Crippen LogP contribution in [-0.2, 0) is 10.0 Å². The van der Waals surface area contributed by atoms with E-state index in [4.69, 9.17) is 11.6 Å². The molecule has 0 spiro atoms. The van der Waals surface area contributed by atoms with Crippen LogP contribution in [0.4, 0.5) is 5.69 Å². The molecule has 0 unspecified atom stereocenters. The minimum Gasteiger partial charge on any atom is -0.506 e. The predicted octanol–water partition coefficient (Wildman–Crippen LogP) is 3.86. The largest absolute Gasteiger partial charge is 0.506 e. The summed E-state index contributed by atoms with van der Waals surface area (Å²) >= 11 is 6.13. The predicted molar refractivity (Wildman–Crippen MR) is 105 cm³/mol. The Morgan fingerprint density at radius 3 is 2.37 bits per heavy atom. The summed E-state index contributed by atoms with van der Waals surface area (Å²) in [5.41, 5.74) is 0.259. The van der Waals surface area contributed by atoms with E-state index in [9.17, 15) is 18.3 Å². The van der Waals surface area contributed by atoms with Gasteiger partial charge in [0.15, 0.2) is 0 Å². The van der Waals surface area contributed by atoms with Crippen molar-refractivity contribution < 1.29 is 18.3 Å². The van der Waals surface area contributed by atoms with Crippen molar-refractivity contribution in [3.63, 3.8) is 0 Å². The van der Waals surface area contributed by atoms with E-state index in [-0.39, 0.29) is 26.9 Å². The Bertz CT molecular complexity index is 938. The van der Waals surface area contributed by atoms with Crippen LogP contribution < -0.4 is 5.32 Å². The second kappa shape index (κ2) is 8.29. The van der Waals surface area contributed by atoms with Crippen molar-refractivity contribution in [3.05, 3.63) is 53.1 Å². The van der Waals surface area contributed by atoms with Gasteiger partial charge < -0.3 is 10.4 Å². The van der Waals surface area contributed by atoms with E-state index in [0.717, 1.165) is 25.7 Å². The van der Waals surface area contributed by atoms with Gasteiger partial charge in [-0.1, -0.05) is 36.6 Å². The topological polar surface area (TPSA) is 86.7 Å². The maximum absolute atomic E-state index is 12.9. The molecule has 0 aliphatic carbocycles. The number of hydrogen-bond donors (Lipinski definition) is 2. The number of carbonyl (C=O) groups excluding carboxylic acids is 1. The lowest BCUT2D eigenvalue weighted by atomic mass is 10.2. The van der Waals surface area contributed by atoms with Gasteiger partial charge in [0.05, 0.1) is 21.2 Å². The Balaban J connectivity index is 1.89. The molecule has 1 saturated heterocycles.